The van der Waals surface area contributed by atoms with Crippen molar-refractivity contribution in [1.29, 1.82) is 0 Å². The Labute approximate surface area is 78.4 Å². The normalized spacial score (nSPS) is 14.5. The largest absolute Gasteiger partial charge is 0.749 e. The van der Waals surface area contributed by atoms with Gasteiger partial charge < -0.3 is 4.89 Å². The lowest BCUT2D eigenvalue weighted by Gasteiger charge is -1.96. The van der Waals surface area contributed by atoms with Crippen LogP contribution in [0, 0.1) is 0 Å². The van der Waals surface area contributed by atoms with Crippen molar-refractivity contribution in [3.05, 3.63) is 0 Å². The van der Waals surface area contributed by atoms with E-state index in [1.807, 2.05) is 0 Å². The van der Waals surface area contributed by atoms with Crippen molar-refractivity contribution in [2.24, 2.45) is 0 Å². The Morgan fingerprint density at radius 1 is 1.27 bits per heavy atom. The molecule has 0 saturated heterocycles. The molecule has 0 aromatic heterocycles. The molecule has 0 aromatic rings. The zero-order valence-corrected chi connectivity index (χ0v) is 8.63. The second kappa shape index (κ2) is 4.85. The van der Waals surface area contributed by atoms with Crippen LogP contribution >= 0.6 is 51.3 Å². The molecule has 0 aliphatic rings. The highest BCUT2D eigenvalue weighted by Gasteiger charge is 2.41. The van der Waals surface area contributed by atoms with Gasteiger partial charge in [-0.25, -0.2) is 0 Å². The summed E-state index contributed by atoms with van der Waals surface area (Å²) >= 11 is 14.9. The summed E-state index contributed by atoms with van der Waals surface area (Å²) in [6, 6.07) is 0. The second-order valence-electron chi connectivity index (χ2n) is 1.07. The van der Waals surface area contributed by atoms with E-state index in [9.17, 15) is 14.0 Å². The van der Waals surface area contributed by atoms with Crippen LogP contribution in [0.2, 0.25) is 0 Å². The van der Waals surface area contributed by atoms with Gasteiger partial charge in [0.2, 0.25) is 0 Å². The second-order valence-corrected chi connectivity index (χ2v) is 4.97. The number of rotatable bonds is 3. The zero-order chi connectivity index (χ0) is 9.07. The van der Waals surface area contributed by atoms with Crippen LogP contribution in [0.3, 0.4) is 0 Å². The van der Waals surface area contributed by atoms with Crippen molar-refractivity contribution < 1.29 is 22.9 Å². The summed E-state index contributed by atoms with van der Waals surface area (Å²) in [5.74, 6) is 0. The zero-order valence-electron chi connectivity index (χ0n) is 4.57. The quantitative estimate of drug-likeness (QED) is 0.573. The molecule has 0 rings (SSSR count). The maximum atomic E-state index is 10.3. The van der Waals surface area contributed by atoms with Crippen LogP contribution in [0.1, 0.15) is 0 Å². The van der Waals surface area contributed by atoms with Gasteiger partial charge in [0.15, 0.2) is 0 Å². The van der Waals surface area contributed by atoms with E-state index in [1.54, 1.807) is 0 Å². The highest BCUT2D eigenvalue weighted by Crippen LogP contribution is 2.43. The summed E-state index contributed by atoms with van der Waals surface area (Å²) in [5, 5.41) is 0. The maximum absolute atomic E-state index is 10.3. The molecule has 10 heteroatoms. The molecule has 0 aliphatic heterocycles. The molecular formula is CCl3O5P2+. The monoisotopic (exact) mass is 259 g/mol. The summed E-state index contributed by atoms with van der Waals surface area (Å²) < 4.78 is 25.4. The van der Waals surface area contributed by atoms with Crippen molar-refractivity contribution in [1.82, 2.24) is 0 Å². The highest BCUT2D eigenvalue weighted by atomic mass is 35.6. The lowest BCUT2D eigenvalue weighted by molar-refractivity contribution is -0.178. The minimum Gasteiger partial charge on any atom is -0.563 e. The molecule has 0 heterocycles. The summed E-state index contributed by atoms with van der Waals surface area (Å²) in [4.78, 5) is 9.72. The van der Waals surface area contributed by atoms with Crippen molar-refractivity contribution in [3.8, 4) is 0 Å². The molecule has 0 saturated carbocycles. The molecule has 11 heavy (non-hydrogen) atoms. The standard InChI is InChI=1S/CCl3O5P2/c2-1(3,4)8-11(7)9-10(5)6/q+1. The van der Waals surface area contributed by atoms with Crippen molar-refractivity contribution in [3.63, 3.8) is 0 Å². The first-order valence-electron chi connectivity index (χ1n) is 1.87. The minimum absolute atomic E-state index is 2.25. The number of alkyl halides is 3. The van der Waals surface area contributed by atoms with E-state index < -0.39 is 20.5 Å². The predicted octanol–water partition coefficient (Wildman–Crippen LogP) is 2.02. The van der Waals surface area contributed by atoms with E-state index >= 15 is 0 Å². The molecular weight excluding hydrogens is 260 g/mol. The van der Waals surface area contributed by atoms with E-state index in [0.717, 1.165) is 0 Å². The third-order valence-electron chi connectivity index (χ3n) is 0.311. The lowest BCUT2D eigenvalue weighted by Crippen LogP contribution is -2.02. The van der Waals surface area contributed by atoms with E-state index in [1.165, 1.54) is 0 Å². The Kier molecular flexibility index (Phi) is 5.27. The van der Waals surface area contributed by atoms with Crippen molar-refractivity contribution >= 4 is 51.3 Å². The van der Waals surface area contributed by atoms with Crippen molar-refractivity contribution in [2.75, 3.05) is 0 Å². The molecule has 0 spiro atoms. The van der Waals surface area contributed by atoms with E-state index in [-0.39, 0.29) is 0 Å². The molecule has 0 fully saturated rings. The maximum Gasteiger partial charge on any atom is 0.749 e. The average molecular weight is 260 g/mol. The van der Waals surface area contributed by atoms with Crippen molar-refractivity contribution in [2.45, 2.75) is 3.98 Å². The third kappa shape index (κ3) is 8.86. The van der Waals surface area contributed by atoms with Crippen LogP contribution in [-0.4, -0.2) is 3.98 Å². The molecule has 64 valence electrons. The van der Waals surface area contributed by atoms with Gasteiger partial charge in [0.25, 0.3) is 0 Å². The molecule has 0 bridgehead atoms. The Morgan fingerprint density at radius 2 is 1.73 bits per heavy atom. The van der Waals surface area contributed by atoms with Gasteiger partial charge in [-0.1, -0.05) is 4.52 Å². The van der Waals surface area contributed by atoms with E-state index in [4.69, 9.17) is 34.8 Å². The Hall–Kier alpha value is 0.950. The summed E-state index contributed by atoms with van der Waals surface area (Å²) in [6.07, 6.45) is 0. The van der Waals surface area contributed by atoms with E-state index in [2.05, 4.69) is 8.83 Å². The van der Waals surface area contributed by atoms with Gasteiger partial charge in [-0.2, -0.15) is 0 Å². The molecule has 0 amide bonds. The minimum atomic E-state index is -3.28. The van der Waals surface area contributed by atoms with Gasteiger partial charge in [-0.15, -0.1) is 0 Å². The van der Waals surface area contributed by atoms with Crippen LogP contribution in [-0.2, 0) is 18.0 Å². The number of hydrogen-bond acceptors (Lipinski definition) is 5. The smallest absolute Gasteiger partial charge is 0.563 e. The van der Waals surface area contributed by atoms with Crippen LogP contribution < -0.4 is 4.89 Å². The van der Waals surface area contributed by atoms with Crippen LogP contribution in [0.25, 0.3) is 0 Å². The molecule has 0 N–H and O–H groups in total. The van der Waals surface area contributed by atoms with Gasteiger partial charge >= 0.3 is 20.5 Å². The first-order valence-corrected chi connectivity index (χ1v) is 5.19. The fourth-order valence-corrected chi connectivity index (χ4v) is 1.40. The van der Waals surface area contributed by atoms with Gasteiger partial charge in [-0.05, 0) is 39.4 Å². The van der Waals surface area contributed by atoms with Gasteiger partial charge in [0.05, 0.1) is 0 Å². The fraction of sp³-hybridized carbons (Fsp3) is 1.00. The Balaban J connectivity index is 3.80. The lowest BCUT2D eigenvalue weighted by atomic mass is 11.7. The Bertz CT molecular complexity index is 175. The fourth-order valence-electron chi connectivity index (χ4n) is 0.156. The van der Waals surface area contributed by atoms with Gasteiger partial charge in [0.1, 0.15) is 4.31 Å². The van der Waals surface area contributed by atoms with Gasteiger partial charge in [-0.3, -0.25) is 0 Å². The topological polar surface area (TPSA) is 75.7 Å². The van der Waals surface area contributed by atoms with Gasteiger partial charge in [0, 0.05) is 4.57 Å². The third-order valence-corrected chi connectivity index (χ3v) is 2.36. The van der Waals surface area contributed by atoms with Crippen LogP contribution in [0.4, 0.5) is 0 Å². The summed E-state index contributed by atoms with van der Waals surface area (Å²) in [6.45, 7) is 0. The molecule has 0 radical (unpaired) electrons. The van der Waals surface area contributed by atoms with Crippen LogP contribution in [0.15, 0.2) is 0 Å². The molecule has 2 unspecified atom stereocenters. The number of halogens is 3. The van der Waals surface area contributed by atoms with E-state index in [0.29, 0.717) is 0 Å². The highest BCUT2D eigenvalue weighted by molar-refractivity contribution is 7.46. The first kappa shape index (κ1) is 11.9. The summed E-state index contributed by atoms with van der Waals surface area (Å²) in [5.41, 5.74) is 0. The van der Waals surface area contributed by atoms with Crippen LogP contribution in [0.5, 0.6) is 0 Å². The number of hydrogen-bond donors (Lipinski definition) is 0. The predicted molar refractivity (Wildman–Crippen MR) is 37.7 cm³/mol. The molecule has 0 aliphatic carbocycles. The molecule has 5 nitrogen and oxygen atoms in total. The first-order chi connectivity index (χ1) is 4.81. The molecule has 0 aromatic carbocycles. The molecule has 2 atom stereocenters. The Morgan fingerprint density at radius 3 is 2.00 bits per heavy atom. The average Bonchev–Trinajstić information content (AvgIpc) is 1.53. The summed E-state index contributed by atoms with van der Waals surface area (Å²) in [7, 11) is -6.23. The SMILES string of the molecule is O=[P+]([O-])O[P+](=O)OC(Cl)(Cl)Cl.